The number of carbonyl (C=O) groups excluding carboxylic acids is 3. The number of fused-ring (bicyclic) bond motifs is 1. The van der Waals surface area contributed by atoms with Crippen LogP contribution in [0, 0.1) is 17.3 Å². The fourth-order valence-electron chi connectivity index (χ4n) is 7.39. The normalized spacial score (nSPS) is 33.0. The van der Waals surface area contributed by atoms with Crippen LogP contribution in [0.2, 0.25) is 36.3 Å². The molecule has 0 aromatic heterocycles. The van der Waals surface area contributed by atoms with Gasteiger partial charge in [-0.15, -0.1) is 0 Å². The number of hydrogen-bond acceptors (Lipinski definition) is 7. The molecule has 2 heterocycles. The van der Waals surface area contributed by atoms with E-state index in [4.69, 9.17) is 13.6 Å². The summed E-state index contributed by atoms with van der Waals surface area (Å²) in [5.41, 5.74) is -1.02. The van der Waals surface area contributed by atoms with E-state index in [1.165, 1.54) is 6.92 Å². The fraction of sp³-hybridized carbons (Fsp3) is 0.912. The van der Waals surface area contributed by atoms with E-state index in [-0.39, 0.29) is 47.5 Å². The molecule has 2 aliphatic heterocycles. The van der Waals surface area contributed by atoms with Crippen molar-refractivity contribution in [2.24, 2.45) is 17.3 Å². The molecule has 1 N–H and O–H groups in total. The third-order valence-electron chi connectivity index (χ3n) is 11.6. The lowest BCUT2D eigenvalue weighted by Gasteiger charge is -2.44. The number of nitrogens with one attached hydrogen (secondary N) is 1. The number of esters is 1. The van der Waals surface area contributed by atoms with Crippen molar-refractivity contribution in [3.63, 3.8) is 0 Å². The minimum absolute atomic E-state index is 0.0437. The number of ketones is 2. The van der Waals surface area contributed by atoms with Gasteiger partial charge in [-0.1, -0.05) is 75.7 Å². The van der Waals surface area contributed by atoms with Crippen molar-refractivity contribution in [2.45, 2.75) is 181 Å². The molecule has 0 aliphatic carbocycles. The Morgan fingerprint density at radius 2 is 1.42 bits per heavy atom. The Morgan fingerprint density at radius 3 is 1.91 bits per heavy atom. The van der Waals surface area contributed by atoms with Crippen LogP contribution in [0.15, 0.2) is 0 Å². The van der Waals surface area contributed by atoms with Crippen LogP contribution in [-0.4, -0.2) is 64.1 Å². The van der Waals surface area contributed by atoms with Crippen molar-refractivity contribution in [1.29, 1.82) is 0 Å². The molecule has 0 radical (unpaired) electrons. The largest absolute Gasteiger partial charge is 0.454 e. The van der Waals surface area contributed by atoms with Gasteiger partial charge in [0.1, 0.15) is 5.78 Å². The van der Waals surface area contributed by atoms with Crippen LogP contribution in [0.3, 0.4) is 0 Å². The fourth-order valence-corrected chi connectivity index (χ4v) is 13.4. The highest BCUT2D eigenvalue weighted by atomic mass is 28.4. The molecule has 2 saturated heterocycles. The Bertz CT molecular complexity index is 933. The van der Waals surface area contributed by atoms with Crippen LogP contribution in [-0.2, 0) is 28.0 Å². The second-order valence-electron chi connectivity index (χ2n) is 14.6. The Hall–Kier alpha value is -0.876. The predicted molar refractivity (Wildman–Crippen MR) is 180 cm³/mol. The van der Waals surface area contributed by atoms with Gasteiger partial charge in [-0.05, 0) is 68.9 Å². The van der Waals surface area contributed by atoms with Crippen LogP contribution in [0.25, 0.3) is 0 Å². The highest BCUT2D eigenvalue weighted by Gasteiger charge is 2.52. The molecular formula is C34H65NO6Si2. The Kier molecular flexibility index (Phi) is 13.9. The zero-order valence-electron chi connectivity index (χ0n) is 29.7. The molecule has 7 nitrogen and oxygen atoms in total. The van der Waals surface area contributed by atoms with E-state index >= 15 is 0 Å². The lowest BCUT2D eigenvalue weighted by atomic mass is 9.73. The number of cyclic esters (lactones) is 1. The number of ether oxygens (including phenoxy) is 1. The van der Waals surface area contributed by atoms with Crippen molar-refractivity contribution in [3.05, 3.63) is 0 Å². The Balaban J connectivity index is 2.59. The first-order chi connectivity index (χ1) is 20.0. The molecule has 7 atom stereocenters. The highest BCUT2D eigenvalue weighted by Crippen LogP contribution is 2.41. The van der Waals surface area contributed by atoms with E-state index in [0.29, 0.717) is 6.42 Å². The summed E-state index contributed by atoms with van der Waals surface area (Å²) in [6, 6.07) is 5.96. The molecule has 2 fully saturated rings. The molecule has 0 amide bonds. The molecule has 0 aromatic rings. The lowest BCUT2D eigenvalue weighted by molar-refractivity contribution is -0.159. The van der Waals surface area contributed by atoms with Gasteiger partial charge in [0.2, 0.25) is 0 Å². The zero-order valence-corrected chi connectivity index (χ0v) is 31.7. The summed E-state index contributed by atoms with van der Waals surface area (Å²) in [7, 11) is -4.20. The number of Topliss-reactive ketones (excluding diaryl/α,β-unsaturated/α-hetero) is 2. The summed E-state index contributed by atoms with van der Waals surface area (Å²) in [4.78, 5) is 40.8. The van der Waals surface area contributed by atoms with Crippen molar-refractivity contribution < 1.29 is 28.0 Å². The summed E-state index contributed by atoms with van der Waals surface area (Å²) in [5.74, 6) is -0.648. The SMILES string of the molecule is CC[Si](CC)(CC)OC1[C@@H](C)CCC[C@@]2(C)N[C@H]2C[C@@H](C(C)=O)OC(=O)C[C@H](O[Si](CC)(CC)CC)C(C)(C)C(=O)[C@@H]1C. The maximum absolute atomic E-state index is 14.7. The molecule has 0 aromatic carbocycles. The van der Waals surface area contributed by atoms with Gasteiger partial charge >= 0.3 is 5.97 Å². The van der Waals surface area contributed by atoms with Crippen LogP contribution in [0.4, 0.5) is 0 Å². The Labute approximate surface area is 265 Å². The monoisotopic (exact) mass is 639 g/mol. The van der Waals surface area contributed by atoms with Crippen molar-refractivity contribution in [2.75, 3.05) is 0 Å². The van der Waals surface area contributed by atoms with Gasteiger partial charge in [-0.2, -0.15) is 0 Å². The quantitative estimate of drug-likeness (QED) is 0.140. The molecule has 2 rings (SSSR count). The van der Waals surface area contributed by atoms with E-state index in [9.17, 15) is 14.4 Å². The summed E-state index contributed by atoms with van der Waals surface area (Å²) < 4.78 is 20.1. The van der Waals surface area contributed by atoms with E-state index in [1.54, 1.807) is 0 Å². The second kappa shape index (κ2) is 15.6. The molecular weight excluding hydrogens is 575 g/mol. The highest BCUT2D eigenvalue weighted by molar-refractivity contribution is 6.74. The standard InChI is InChI=1S/C34H65NO6Si2/c1-13-42(14-2,15-3)40-29-23-30(37)39-27(26(9)36)22-28-34(12,35-28)21-19-20-24(7)31(25(8)32(38)33(29,10)11)41-43(16-4,17-5)18-6/h24-25,27-29,31,35H,13-23H2,1-12H3/t24-,25+,27-,28-,29-,31?,34+/m0/s1. The molecule has 0 spiro atoms. The van der Waals surface area contributed by atoms with E-state index in [2.05, 4.69) is 60.7 Å². The summed E-state index contributed by atoms with van der Waals surface area (Å²) in [6.45, 7) is 25.1. The van der Waals surface area contributed by atoms with E-state index in [1.807, 2.05) is 20.8 Å². The second-order valence-corrected chi connectivity index (χ2v) is 24.0. The number of rotatable bonds is 11. The smallest absolute Gasteiger partial charge is 0.309 e. The van der Waals surface area contributed by atoms with Gasteiger partial charge in [-0.3, -0.25) is 14.4 Å². The van der Waals surface area contributed by atoms with Crippen molar-refractivity contribution >= 4 is 34.2 Å². The lowest BCUT2D eigenvalue weighted by Crippen LogP contribution is -2.53. The van der Waals surface area contributed by atoms with Gasteiger partial charge in [0.15, 0.2) is 28.5 Å². The molecule has 0 saturated carbocycles. The van der Waals surface area contributed by atoms with Crippen LogP contribution >= 0.6 is 0 Å². The predicted octanol–water partition coefficient (Wildman–Crippen LogP) is 7.83. The number of hydrogen-bond donors (Lipinski definition) is 1. The first-order valence-corrected chi connectivity index (χ1v) is 22.5. The molecule has 2 aliphatic rings. The third-order valence-corrected chi connectivity index (χ3v) is 20.9. The average Bonchev–Trinajstić information content (AvgIpc) is 3.62. The average molecular weight is 640 g/mol. The summed E-state index contributed by atoms with van der Waals surface area (Å²) in [6.07, 6.45) is 1.75. The maximum atomic E-state index is 14.7. The number of carbonyl (C=O) groups is 3. The van der Waals surface area contributed by atoms with Gasteiger partial charge in [0.05, 0.1) is 18.6 Å². The van der Waals surface area contributed by atoms with Crippen molar-refractivity contribution in [1.82, 2.24) is 5.32 Å². The van der Waals surface area contributed by atoms with Gasteiger partial charge in [0, 0.05) is 29.3 Å². The van der Waals surface area contributed by atoms with Crippen LogP contribution in [0.1, 0.15) is 115 Å². The third kappa shape index (κ3) is 9.11. The maximum Gasteiger partial charge on any atom is 0.309 e. The van der Waals surface area contributed by atoms with Gasteiger partial charge in [-0.25, -0.2) is 0 Å². The molecule has 43 heavy (non-hydrogen) atoms. The topological polar surface area (TPSA) is 101 Å². The summed E-state index contributed by atoms with van der Waals surface area (Å²) >= 11 is 0. The first kappa shape index (κ1) is 38.3. The molecule has 250 valence electrons. The first-order valence-electron chi connectivity index (χ1n) is 17.4. The minimum Gasteiger partial charge on any atom is -0.454 e. The Morgan fingerprint density at radius 1 is 0.907 bits per heavy atom. The minimum atomic E-state index is -2.20. The van der Waals surface area contributed by atoms with E-state index < -0.39 is 40.2 Å². The van der Waals surface area contributed by atoms with E-state index in [0.717, 1.165) is 55.5 Å². The van der Waals surface area contributed by atoms with Gasteiger partial charge < -0.3 is 18.9 Å². The van der Waals surface area contributed by atoms with Crippen LogP contribution in [0.5, 0.6) is 0 Å². The molecule has 0 bridgehead atoms. The summed E-state index contributed by atoms with van der Waals surface area (Å²) in [5, 5.41) is 3.58. The zero-order chi connectivity index (χ0) is 32.8. The van der Waals surface area contributed by atoms with Gasteiger partial charge in [0.25, 0.3) is 0 Å². The van der Waals surface area contributed by atoms with Crippen molar-refractivity contribution in [3.8, 4) is 0 Å². The molecule has 1 unspecified atom stereocenters. The van der Waals surface area contributed by atoms with Crippen LogP contribution < -0.4 is 5.32 Å². The molecule has 9 heteroatoms.